The number of nitrogens with zero attached hydrogens (tertiary/aromatic N) is 2. The lowest BCUT2D eigenvalue weighted by Crippen LogP contribution is -2.45. The summed E-state index contributed by atoms with van der Waals surface area (Å²) in [7, 11) is 0. The summed E-state index contributed by atoms with van der Waals surface area (Å²) in [6.45, 7) is 1.23. The first-order valence-corrected chi connectivity index (χ1v) is 3.10. The molecule has 3 nitrogen and oxygen atoms in total. The number of amides is 2. The number of alkyl halides is 3. The molecule has 1 atom stereocenters. The smallest absolute Gasteiger partial charge is 0.244 e. The van der Waals surface area contributed by atoms with Gasteiger partial charge >= 0.3 is 12.2 Å². The van der Waals surface area contributed by atoms with E-state index in [1.165, 1.54) is 6.92 Å². The molecule has 12 heavy (non-hydrogen) atoms. The van der Waals surface area contributed by atoms with Gasteiger partial charge in [-0.05, 0) is 12.5 Å². The Balaban J connectivity index is 2.83. The van der Waals surface area contributed by atoms with Crippen LogP contribution >= 0.6 is 0 Å². The van der Waals surface area contributed by atoms with Gasteiger partial charge in [0, 0.05) is 6.20 Å². The van der Waals surface area contributed by atoms with Crippen LogP contribution in [-0.4, -0.2) is 18.2 Å². The summed E-state index contributed by atoms with van der Waals surface area (Å²) in [5.74, 6) is 0. The van der Waals surface area contributed by atoms with E-state index in [4.69, 9.17) is 0 Å². The largest absolute Gasteiger partial charge is 0.414 e. The van der Waals surface area contributed by atoms with Gasteiger partial charge in [0.25, 0.3) is 0 Å². The van der Waals surface area contributed by atoms with Gasteiger partial charge in [0.05, 0.1) is 0 Å². The molecule has 2 radical (unpaired) electrons. The summed E-state index contributed by atoms with van der Waals surface area (Å²) in [6.07, 6.45) is -3.60. The Morgan fingerprint density at radius 2 is 2.08 bits per heavy atom. The van der Waals surface area contributed by atoms with Crippen molar-refractivity contribution in [3.05, 3.63) is 11.8 Å². The molecule has 1 rings (SSSR count). The van der Waals surface area contributed by atoms with Crippen molar-refractivity contribution < 1.29 is 18.0 Å². The van der Waals surface area contributed by atoms with Crippen molar-refractivity contribution in [1.82, 2.24) is 10.6 Å². The van der Waals surface area contributed by atoms with Gasteiger partial charge in [-0.2, -0.15) is 13.2 Å². The molecule has 0 aliphatic carbocycles. The summed E-state index contributed by atoms with van der Waals surface area (Å²) in [6, 6.07) is -3.09. The summed E-state index contributed by atoms with van der Waals surface area (Å²) in [5.41, 5.74) is -0.0675. The molecule has 1 unspecified atom stereocenters. The Hall–Kier alpha value is -1.20. The predicted octanol–water partition coefficient (Wildman–Crippen LogP) is 1.16. The first-order chi connectivity index (χ1) is 5.41. The van der Waals surface area contributed by atoms with Crippen molar-refractivity contribution in [3.63, 3.8) is 0 Å². The maximum atomic E-state index is 12.0. The summed E-state index contributed by atoms with van der Waals surface area (Å²) >= 11 is 0. The Labute approximate surface area is 66.6 Å². The van der Waals surface area contributed by atoms with E-state index in [0.29, 0.717) is 0 Å². The highest BCUT2D eigenvalue weighted by Gasteiger charge is 2.44. The zero-order valence-corrected chi connectivity index (χ0v) is 6.09. The second-order valence-electron chi connectivity index (χ2n) is 2.36. The van der Waals surface area contributed by atoms with E-state index >= 15 is 0 Å². The van der Waals surface area contributed by atoms with Crippen LogP contribution in [0.15, 0.2) is 11.8 Å². The molecule has 6 heteroatoms. The zero-order valence-electron chi connectivity index (χ0n) is 6.09. The van der Waals surface area contributed by atoms with Crippen LogP contribution in [0.3, 0.4) is 0 Å². The van der Waals surface area contributed by atoms with Gasteiger partial charge in [-0.15, -0.1) is 0 Å². The molecule has 0 spiro atoms. The Morgan fingerprint density at radius 1 is 1.50 bits per heavy atom. The van der Waals surface area contributed by atoms with E-state index in [9.17, 15) is 18.0 Å². The van der Waals surface area contributed by atoms with E-state index < -0.39 is 18.2 Å². The minimum Gasteiger partial charge on any atom is -0.244 e. The summed E-state index contributed by atoms with van der Waals surface area (Å²) in [5, 5.41) is 5.94. The molecule has 0 N–H and O–H groups in total. The van der Waals surface area contributed by atoms with Crippen molar-refractivity contribution in [1.29, 1.82) is 0 Å². The molecule has 1 aliphatic heterocycles. The summed E-state index contributed by atoms with van der Waals surface area (Å²) in [4.78, 5) is 10.4. The highest BCUT2D eigenvalue weighted by molar-refractivity contribution is 5.76. The monoisotopic (exact) mass is 178 g/mol. The van der Waals surface area contributed by atoms with Crippen molar-refractivity contribution in [2.75, 3.05) is 0 Å². The third kappa shape index (κ3) is 1.69. The molecule has 1 heterocycles. The second kappa shape index (κ2) is 2.69. The van der Waals surface area contributed by atoms with E-state index in [0.717, 1.165) is 6.20 Å². The quantitative estimate of drug-likeness (QED) is 0.549. The van der Waals surface area contributed by atoms with Crippen LogP contribution in [0.2, 0.25) is 0 Å². The lowest BCUT2D eigenvalue weighted by molar-refractivity contribution is -0.145. The minimum atomic E-state index is -4.49. The molecule has 2 amide bonds. The van der Waals surface area contributed by atoms with Crippen LogP contribution in [-0.2, 0) is 0 Å². The normalized spacial score (nSPS) is 24.2. The lowest BCUT2D eigenvalue weighted by Gasteiger charge is -2.22. The Kier molecular flexibility index (Phi) is 1.99. The van der Waals surface area contributed by atoms with E-state index in [1.807, 2.05) is 0 Å². The Bertz CT molecular complexity index is 233. The van der Waals surface area contributed by atoms with Crippen LogP contribution in [0, 0.1) is 0 Å². The highest BCUT2D eigenvalue weighted by atomic mass is 19.4. The number of hydrogen-bond donors (Lipinski definition) is 0. The number of carbonyl (C=O) groups excluding carboxylic acids is 1. The highest BCUT2D eigenvalue weighted by Crippen LogP contribution is 2.27. The van der Waals surface area contributed by atoms with Crippen molar-refractivity contribution in [3.8, 4) is 0 Å². The Morgan fingerprint density at radius 3 is 2.50 bits per heavy atom. The van der Waals surface area contributed by atoms with Crippen molar-refractivity contribution in [2.24, 2.45) is 0 Å². The van der Waals surface area contributed by atoms with Gasteiger partial charge in [-0.1, -0.05) is 0 Å². The van der Waals surface area contributed by atoms with Crippen LogP contribution < -0.4 is 10.6 Å². The molecule has 0 aromatic heterocycles. The number of urea groups is 1. The van der Waals surface area contributed by atoms with Gasteiger partial charge < -0.3 is 0 Å². The number of hydrogen-bond acceptors (Lipinski definition) is 1. The van der Waals surface area contributed by atoms with Gasteiger partial charge in [-0.25, -0.2) is 15.4 Å². The average molecular weight is 178 g/mol. The molecular weight excluding hydrogens is 173 g/mol. The summed E-state index contributed by atoms with van der Waals surface area (Å²) < 4.78 is 36.1. The van der Waals surface area contributed by atoms with E-state index in [-0.39, 0.29) is 5.57 Å². The maximum Gasteiger partial charge on any atom is 0.414 e. The molecule has 66 valence electrons. The third-order valence-corrected chi connectivity index (χ3v) is 1.36. The molecule has 0 aromatic rings. The van der Waals surface area contributed by atoms with E-state index in [2.05, 4.69) is 10.6 Å². The molecule has 1 aliphatic rings. The van der Waals surface area contributed by atoms with Gasteiger partial charge in [0.2, 0.25) is 0 Å². The topological polar surface area (TPSA) is 45.3 Å². The zero-order chi connectivity index (χ0) is 9.35. The predicted molar refractivity (Wildman–Crippen MR) is 33.3 cm³/mol. The molecular formula is C6H5F3N2O. The minimum absolute atomic E-state index is 0.0675. The van der Waals surface area contributed by atoms with Crippen molar-refractivity contribution >= 4 is 6.03 Å². The van der Waals surface area contributed by atoms with Crippen LogP contribution in [0.5, 0.6) is 0 Å². The number of carbonyl (C=O) groups is 1. The van der Waals surface area contributed by atoms with E-state index in [1.54, 1.807) is 0 Å². The molecule has 0 fully saturated rings. The van der Waals surface area contributed by atoms with Gasteiger partial charge in [0.15, 0.2) is 6.04 Å². The first kappa shape index (κ1) is 8.89. The third-order valence-electron chi connectivity index (χ3n) is 1.36. The lowest BCUT2D eigenvalue weighted by atomic mass is 10.1. The SMILES string of the molecule is CC1=C[N]C(=O)[N]C1C(F)(F)F. The molecule has 0 saturated heterocycles. The molecule has 0 aromatic carbocycles. The van der Waals surface area contributed by atoms with Gasteiger partial charge in [-0.3, -0.25) is 0 Å². The van der Waals surface area contributed by atoms with Crippen LogP contribution in [0.1, 0.15) is 6.92 Å². The fourth-order valence-electron chi connectivity index (χ4n) is 0.805. The van der Waals surface area contributed by atoms with Crippen LogP contribution in [0.4, 0.5) is 18.0 Å². The fraction of sp³-hybridized carbons (Fsp3) is 0.500. The number of rotatable bonds is 0. The van der Waals surface area contributed by atoms with Crippen molar-refractivity contribution in [2.45, 2.75) is 19.1 Å². The number of halogens is 3. The van der Waals surface area contributed by atoms with Gasteiger partial charge in [0.1, 0.15) is 0 Å². The average Bonchev–Trinajstić information content (AvgIpc) is 1.92. The standard InChI is InChI=1S/C6H5F3N2O/c1-3-2-10-5(12)11-4(3)6(7,8)9/h2,4H,1H3. The fourth-order valence-corrected chi connectivity index (χ4v) is 0.805. The molecule has 0 bridgehead atoms. The van der Waals surface area contributed by atoms with Crippen LogP contribution in [0.25, 0.3) is 0 Å². The molecule has 0 saturated carbocycles. The maximum absolute atomic E-state index is 12.0. The second-order valence-corrected chi connectivity index (χ2v) is 2.36. The first-order valence-electron chi connectivity index (χ1n) is 3.10.